The molecule has 1 saturated heterocycles. The van der Waals surface area contributed by atoms with Crippen molar-refractivity contribution < 1.29 is 33.0 Å². The summed E-state index contributed by atoms with van der Waals surface area (Å²) in [5, 5.41) is 2.28. The summed E-state index contributed by atoms with van der Waals surface area (Å²) in [6, 6.07) is 21.0. The smallest absolute Gasteiger partial charge is 0.466 e. The summed E-state index contributed by atoms with van der Waals surface area (Å²) in [7, 11) is -2.71. The largest absolute Gasteiger partial charge is 0.509 e. The Morgan fingerprint density at radius 2 is 1.62 bits per heavy atom. The number of carbonyl (C=O) groups excluding carboxylic acids is 3. The molecule has 2 atom stereocenters. The molecule has 0 aromatic heterocycles. The predicted octanol–water partition coefficient (Wildman–Crippen LogP) is 5.89. The molecular formula is C34H44O7Si. The van der Waals surface area contributed by atoms with Crippen LogP contribution in [0.4, 0.5) is 4.79 Å². The van der Waals surface area contributed by atoms with E-state index in [1.807, 2.05) is 19.1 Å². The van der Waals surface area contributed by atoms with Crippen molar-refractivity contribution in [1.29, 1.82) is 0 Å². The van der Waals surface area contributed by atoms with Crippen molar-refractivity contribution >= 4 is 36.6 Å². The second-order valence-corrected chi connectivity index (χ2v) is 16.9. The summed E-state index contributed by atoms with van der Waals surface area (Å²) in [5.74, 6) is -0.693. The quantitative estimate of drug-likeness (QED) is 0.0943. The molecule has 0 amide bonds. The normalized spacial score (nSPS) is 22.3. The number of ketones is 1. The molecule has 1 fully saturated rings. The summed E-state index contributed by atoms with van der Waals surface area (Å²) >= 11 is 0. The molecule has 2 aromatic carbocycles. The van der Waals surface area contributed by atoms with E-state index >= 15 is 0 Å². The van der Waals surface area contributed by atoms with Crippen LogP contribution in [0.2, 0.25) is 5.04 Å². The molecule has 0 saturated carbocycles. The van der Waals surface area contributed by atoms with E-state index in [2.05, 4.69) is 75.4 Å². The first-order valence-electron chi connectivity index (χ1n) is 14.9. The second-order valence-electron chi connectivity index (χ2n) is 12.6. The number of allylic oxidation sites excluding steroid dienone is 1. The molecule has 0 N–H and O–H groups in total. The van der Waals surface area contributed by atoms with Crippen LogP contribution in [-0.2, 0) is 28.2 Å². The zero-order valence-electron chi connectivity index (χ0n) is 25.6. The van der Waals surface area contributed by atoms with E-state index in [0.717, 1.165) is 18.4 Å². The lowest BCUT2D eigenvalue weighted by Gasteiger charge is -2.43. The number of rotatable bonds is 13. The van der Waals surface area contributed by atoms with Gasteiger partial charge in [-0.15, -0.1) is 0 Å². The maximum atomic E-state index is 13.2. The van der Waals surface area contributed by atoms with Gasteiger partial charge in [-0.3, -0.25) is 9.59 Å². The fourth-order valence-corrected chi connectivity index (χ4v) is 11.5. The van der Waals surface area contributed by atoms with Crippen LogP contribution in [-0.4, -0.2) is 51.6 Å². The maximum absolute atomic E-state index is 13.2. The first-order valence-corrected chi connectivity index (χ1v) is 16.9. The van der Waals surface area contributed by atoms with Crippen molar-refractivity contribution in [3.05, 3.63) is 72.3 Å². The second kappa shape index (κ2) is 13.0. The van der Waals surface area contributed by atoms with Crippen LogP contribution in [0.15, 0.2) is 72.3 Å². The molecule has 7 nitrogen and oxygen atoms in total. The van der Waals surface area contributed by atoms with Crippen molar-refractivity contribution in [1.82, 2.24) is 0 Å². The molecule has 0 spiro atoms. The molecule has 0 unspecified atom stereocenters. The number of Topliss-reactive ketones (excluding diaryl/α,β-unsaturated/α-hetero) is 1. The van der Waals surface area contributed by atoms with Crippen molar-refractivity contribution in [3.63, 3.8) is 0 Å². The Kier molecular flexibility index (Phi) is 9.78. The Bertz CT molecular complexity index is 1240. The Labute approximate surface area is 250 Å². The van der Waals surface area contributed by atoms with Crippen LogP contribution in [0.3, 0.4) is 0 Å². The summed E-state index contributed by atoms with van der Waals surface area (Å²) < 4.78 is 23.0. The zero-order chi connectivity index (χ0) is 30.4. The molecule has 226 valence electrons. The first kappa shape index (κ1) is 31.7. The summed E-state index contributed by atoms with van der Waals surface area (Å²) in [5.41, 5.74) is -0.610. The van der Waals surface area contributed by atoms with Crippen LogP contribution < -0.4 is 10.4 Å². The van der Waals surface area contributed by atoms with Crippen molar-refractivity contribution in [2.24, 2.45) is 5.41 Å². The Morgan fingerprint density at radius 3 is 2.14 bits per heavy atom. The number of hydrogen-bond acceptors (Lipinski definition) is 7. The van der Waals surface area contributed by atoms with E-state index in [-0.39, 0.29) is 36.9 Å². The van der Waals surface area contributed by atoms with Crippen molar-refractivity contribution in [3.8, 4) is 0 Å². The summed E-state index contributed by atoms with van der Waals surface area (Å²) in [6.45, 7) is 11.2. The number of ether oxygens (including phenoxy) is 3. The van der Waals surface area contributed by atoms with Crippen molar-refractivity contribution in [2.75, 3.05) is 19.8 Å². The molecule has 2 aromatic rings. The van der Waals surface area contributed by atoms with Gasteiger partial charge in [0.2, 0.25) is 0 Å². The van der Waals surface area contributed by atoms with E-state index in [4.69, 9.17) is 18.6 Å². The standard InChI is InChI=1S/C34H44O7Si/c1-6-38-30(36)23-26(35)24-34(20-13-19-29(34)33(5)25-39-31(37)41-33)21-14-22-40-42(32(2,3)4,27-15-9-7-10-16-27)28-17-11-8-12-18-28/h7-12,15-19H,6,13-14,20-25H2,1-5H3/t33-,34+/m1/s1. The van der Waals surface area contributed by atoms with E-state index < -0.39 is 31.5 Å². The third-order valence-electron chi connectivity index (χ3n) is 8.60. The molecule has 2 aliphatic rings. The van der Waals surface area contributed by atoms with Crippen LogP contribution in [0.25, 0.3) is 0 Å². The van der Waals surface area contributed by atoms with E-state index in [1.165, 1.54) is 10.4 Å². The predicted molar refractivity (Wildman–Crippen MR) is 164 cm³/mol. The van der Waals surface area contributed by atoms with Gasteiger partial charge in [-0.05, 0) is 60.5 Å². The van der Waals surface area contributed by atoms with Gasteiger partial charge in [0, 0.05) is 18.4 Å². The highest BCUT2D eigenvalue weighted by Crippen LogP contribution is 2.52. The number of cyclic esters (lactones) is 2. The molecule has 8 heteroatoms. The van der Waals surface area contributed by atoms with Gasteiger partial charge in [-0.1, -0.05) is 87.5 Å². The lowest BCUT2D eigenvalue weighted by atomic mass is 9.68. The lowest BCUT2D eigenvalue weighted by molar-refractivity contribution is -0.145. The number of carbonyl (C=O) groups is 3. The van der Waals surface area contributed by atoms with Gasteiger partial charge in [0.05, 0.1) is 6.61 Å². The van der Waals surface area contributed by atoms with Gasteiger partial charge in [0.1, 0.15) is 18.8 Å². The SMILES string of the molecule is CCOC(=O)CC(=O)C[C@@]1(CCCO[Si](c2ccccc2)(c2ccccc2)C(C)(C)C)CCC=C1[C@@]1(C)COC(=O)O1. The van der Waals surface area contributed by atoms with E-state index in [1.54, 1.807) is 6.92 Å². The van der Waals surface area contributed by atoms with Crippen molar-refractivity contribution in [2.45, 2.75) is 83.8 Å². The van der Waals surface area contributed by atoms with Gasteiger partial charge >= 0.3 is 12.1 Å². The highest BCUT2D eigenvalue weighted by molar-refractivity contribution is 6.99. The molecule has 1 aliphatic heterocycles. The molecule has 42 heavy (non-hydrogen) atoms. The summed E-state index contributed by atoms with van der Waals surface area (Å²) in [6.07, 6.45) is 4.11. The Morgan fingerprint density at radius 1 is 1.00 bits per heavy atom. The number of benzene rings is 2. The molecule has 4 rings (SSSR count). The van der Waals surface area contributed by atoms with Gasteiger partial charge in [-0.25, -0.2) is 4.79 Å². The Balaban J connectivity index is 1.60. The third-order valence-corrected chi connectivity index (χ3v) is 13.6. The molecule has 1 heterocycles. The van der Waals surface area contributed by atoms with Crippen LogP contribution >= 0.6 is 0 Å². The minimum Gasteiger partial charge on any atom is -0.466 e. The maximum Gasteiger partial charge on any atom is 0.509 e. The summed E-state index contributed by atoms with van der Waals surface area (Å²) in [4.78, 5) is 37.4. The topological polar surface area (TPSA) is 88.1 Å². The average molecular weight is 593 g/mol. The van der Waals surface area contributed by atoms with Crippen LogP contribution in [0.1, 0.15) is 73.1 Å². The fraction of sp³-hybridized carbons (Fsp3) is 0.500. The highest BCUT2D eigenvalue weighted by atomic mass is 28.4. The molecule has 0 bridgehead atoms. The molecule has 0 radical (unpaired) electrons. The van der Waals surface area contributed by atoms with Gasteiger partial charge < -0.3 is 18.6 Å². The number of esters is 1. The first-order chi connectivity index (χ1) is 20.0. The van der Waals surface area contributed by atoms with E-state index in [9.17, 15) is 14.4 Å². The Hall–Kier alpha value is -3.23. The fourth-order valence-electron chi connectivity index (χ4n) is 6.94. The molecule has 1 aliphatic carbocycles. The van der Waals surface area contributed by atoms with Gasteiger partial charge in [0.15, 0.2) is 5.60 Å². The third kappa shape index (κ3) is 6.55. The van der Waals surface area contributed by atoms with Crippen LogP contribution in [0.5, 0.6) is 0 Å². The highest BCUT2D eigenvalue weighted by Gasteiger charge is 2.53. The minimum absolute atomic E-state index is 0.101. The minimum atomic E-state index is -2.71. The molecular weight excluding hydrogens is 548 g/mol. The van der Waals surface area contributed by atoms with Gasteiger partial charge in [0.25, 0.3) is 8.32 Å². The lowest BCUT2D eigenvalue weighted by Crippen LogP contribution is -2.66. The van der Waals surface area contributed by atoms with E-state index in [0.29, 0.717) is 19.4 Å². The number of hydrogen-bond donors (Lipinski definition) is 0. The average Bonchev–Trinajstić information content (AvgIpc) is 3.52. The van der Waals surface area contributed by atoms with Crippen LogP contribution in [0, 0.1) is 5.41 Å². The zero-order valence-corrected chi connectivity index (χ0v) is 26.6. The monoisotopic (exact) mass is 592 g/mol. The van der Waals surface area contributed by atoms with Gasteiger partial charge in [-0.2, -0.15) is 0 Å².